The average molecular weight is 321 g/mol. The summed E-state index contributed by atoms with van der Waals surface area (Å²) < 4.78 is 17.2. The van der Waals surface area contributed by atoms with E-state index in [2.05, 4.69) is 6.92 Å². The summed E-state index contributed by atoms with van der Waals surface area (Å²) in [5.41, 5.74) is -0.604. The fourth-order valence-corrected chi connectivity index (χ4v) is 5.08. The first-order valence-corrected chi connectivity index (χ1v) is 10.6. The van der Waals surface area contributed by atoms with Gasteiger partial charge in [0.2, 0.25) is 0 Å². The van der Waals surface area contributed by atoms with E-state index in [1.165, 1.54) is 32.1 Å². The Hall–Kier alpha value is 0.0569. The Bertz CT molecular complexity index is 209. The third-order valence-corrected chi connectivity index (χ3v) is 6.70. The quantitative estimate of drug-likeness (QED) is 0.365. The van der Waals surface area contributed by atoms with Crippen molar-refractivity contribution in [3.8, 4) is 0 Å². The molecule has 1 atom stereocenters. The van der Waals surface area contributed by atoms with Gasteiger partial charge in [0.15, 0.2) is 0 Å². The van der Waals surface area contributed by atoms with E-state index in [0.29, 0.717) is 26.2 Å². The van der Waals surface area contributed by atoms with Gasteiger partial charge in [0.25, 0.3) is 0 Å². The largest absolute Gasteiger partial charge is 0.531 e. The van der Waals surface area contributed by atoms with Crippen LogP contribution in [0.4, 0.5) is 0 Å². The van der Waals surface area contributed by atoms with E-state index in [-0.39, 0.29) is 0 Å². The van der Waals surface area contributed by atoms with Gasteiger partial charge in [0.05, 0.1) is 0 Å². The molecule has 1 unspecified atom stereocenters. The Morgan fingerprint density at radius 2 is 1.14 bits per heavy atom. The minimum atomic E-state index is -2.92. The predicted molar refractivity (Wildman–Crippen MR) is 89.2 cm³/mol. The van der Waals surface area contributed by atoms with E-state index in [9.17, 15) is 5.11 Å². The van der Waals surface area contributed by atoms with Crippen LogP contribution in [-0.4, -0.2) is 39.5 Å². The van der Waals surface area contributed by atoms with Gasteiger partial charge in [-0.25, -0.2) is 0 Å². The highest BCUT2D eigenvalue weighted by Gasteiger charge is 2.48. The highest BCUT2D eigenvalue weighted by molar-refractivity contribution is 6.62. The Balaban J connectivity index is 4.11. The first kappa shape index (κ1) is 21.1. The lowest BCUT2D eigenvalue weighted by Gasteiger charge is -2.32. The molecular weight excluding hydrogens is 284 g/mol. The van der Waals surface area contributed by atoms with Crippen LogP contribution >= 0.6 is 0 Å². The second-order valence-corrected chi connectivity index (χ2v) is 8.07. The van der Waals surface area contributed by atoms with Gasteiger partial charge in [-0.3, -0.25) is 0 Å². The molecule has 0 aromatic carbocycles. The molecule has 0 heterocycles. The fraction of sp³-hybridized carbons (Fsp3) is 1.00. The number of unbranched alkanes of at least 4 members (excludes halogenated alkanes) is 6. The lowest BCUT2D eigenvalue weighted by molar-refractivity contribution is 0.0192. The summed E-state index contributed by atoms with van der Waals surface area (Å²) in [6, 6.07) is 0. The van der Waals surface area contributed by atoms with Crippen molar-refractivity contribution >= 4 is 8.80 Å². The summed E-state index contributed by atoms with van der Waals surface area (Å²) in [7, 11) is -2.92. The molecule has 0 aromatic rings. The van der Waals surface area contributed by atoms with Gasteiger partial charge in [0.1, 0.15) is 5.73 Å². The molecule has 0 aliphatic heterocycles. The van der Waals surface area contributed by atoms with Crippen molar-refractivity contribution in [3.63, 3.8) is 0 Å². The number of aliphatic hydroxyl groups excluding tert-OH is 1. The zero-order chi connectivity index (χ0) is 16.0. The van der Waals surface area contributed by atoms with Gasteiger partial charge in [-0.05, 0) is 27.2 Å². The highest BCUT2D eigenvalue weighted by Crippen LogP contribution is 2.20. The van der Waals surface area contributed by atoms with Crippen molar-refractivity contribution in [3.05, 3.63) is 0 Å². The number of hydrogen-bond donors (Lipinski definition) is 1. The SMILES string of the molecule is CCCCCCCCCC(O)[Si](OCC)(OCC)OCC. The van der Waals surface area contributed by atoms with Crippen LogP contribution in [0.2, 0.25) is 0 Å². The van der Waals surface area contributed by atoms with Crippen LogP contribution < -0.4 is 0 Å². The highest BCUT2D eigenvalue weighted by atomic mass is 28.4. The van der Waals surface area contributed by atoms with E-state index < -0.39 is 14.5 Å². The Morgan fingerprint density at radius 3 is 1.57 bits per heavy atom. The third kappa shape index (κ3) is 8.93. The maximum absolute atomic E-state index is 10.5. The molecule has 0 saturated heterocycles. The van der Waals surface area contributed by atoms with Crippen molar-refractivity contribution in [2.24, 2.45) is 0 Å². The van der Waals surface area contributed by atoms with Crippen LogP contribution in [-0.2, 0) is 13.3 Å². The van der Waals surface area contributed by atoms with E-state index in [0.717, 1.165) is 12.8 Å². The number of rotatable bonds is 15. The molecule has 21 heavy (non-hydrogen) atoms. The van der Waals surface area contributed by atoms with Crippen molar-refractivity contribution in [1.82, 2.24) is 0 Å². The molecule has 0 rings (SSSR count). The van der Waals surface area contributed by atoms with Gasteiger partial charge in [-0.1, -0.05) is 51.9 Å². The first-order chi connectivity index (χ1) is 10.2. The second-order valence-electron chi connectivity index (χ2n) is 5.33. The summed E-state index contributed by atoms with van der Waals surface area (Å²) in [4.78, 5) is 0. The molecule has 0 aliphatic carbocycles. The van der Waals surface area contributed by atoms with Crippen molar-refractivity contribution in [2.45, 2.75) is 84.8 Å². The number of aliphatic hydroxyl groups is 1. The first-order valence-electron chi connectivity index (χ1n) is 8.76. The van der Waals surface area contributed by atoms with Crippen LogP contribution in [0.5, 0.6) is 0 Å². The fourth-order valence-electron chi connectivity index (χ4n) is 2.49. The molecule has 128 valence electrons. The Kier molecular flexibility index (Phi) is 13.7. The zero-order valence-corrected chi connectivity index (χ0v) is 15.5. The lowest BCUT2D eigenvalue weighted by Crippen LogP contribution is -2.56. The van der Waals surface area contributed by atoms with Gasteiger partial charge in [-0.2, -0.15) is 0 Å². The molecule has 0 fully saturated rings. The molecule has 0 amide bonds. The lowest BCUT2D eigenvalue weighted by atomic mass is 10.1. The number of hydrogen-bond acceptors (Lipinski definition) is 4. The summed E-state index contributed by atoms with van der Waals surface area (Å²) in [5, 5.41) is 10.5. The van der Waals surface area contributed by atoms with Gasteiger partial charge < -0.3 is 18.4 Å². The second kappa shape index (κ2) is 13.7. The summed E-state index contributed by atoms with van der Waals surface area (Å²) in [5.74, 6) is 0. The van der Waals surface area contributed by atoms with E-state index in [4.69, 9.17) is 13.3 Å². The molecular formula is C16H36O4Si. The van der Waals surface area contributed by atoms with Crippen molar-refractivity contribution in [2.75, 3.05) is 19.8 Å². The van der Waals surface area contributed by atoms with Gasteiger partial charge in [-0.15, -0.1) is 0 Å². The third-order valence-electron chi connectivity index (χ3n) is 3.53. The molecule has 5 heteroatoms. The summed E-state index contributed by atoms with van der Waals surface area (Å²) in [6.45, 7) is 9.53. The van der Waals surface area contributed by atoms with Crippen molar-refractivity contribution in [1.29, 1.82) is 0 Å². The molecule has 0 spiro atoms. The molecule has 4 nitrogen and oxygen atoms in total. The topological polar surface area (TPSA) is 47.9 Å². The van der Waals surface area contributed by atoms with Crippen LogP contribution in [0.1, 0.15) is 79.1 Å². The molecule has 0 saturated carbocycles. The van der Waals surface area contributed by atoms with Crippen LogP contribution in [0.15, 0.2) is 0 Å². The summed E-state index contributed by atoms with van der Waals surface area (Å²) >= 11 is 0. The standard InChI is InChI=1S/C16H36O4Si/c1-5-9-10-11-12-13-14-15-16(17)21(18-6-2,19-7-3)20-8-4/h16-17H,5-15H2,1-4H3. The minimum Gasteiger partial charge on any atom is -0.389 e. The van der Waals surface area contributed by atoms with Crippen LogP contribution in [0, 0.1) is 0 Å². The summed E-state index contributed by atoms with van der Waals surface area (Å²) in [6.07, 6.45) is 9.37. The van der Waals surface area contributed by atoms with E-state index >= 15 is 0 Å². The smallest absolute Gasteiger partial charge is 0.389 e. The van der Waals surface area contributed by atoms with Crippen LogP contribution in [0.3, 0.4) is 0 Å². The van der Waals surface area contributed by atoms with Gasteiger partial charge >= 0.3 is 8.80 Å². The normalized spacial score (nSPS) is 13.6. The monoisotopic (exact) mass is 320 g/mol. The molecule has 0 bridgehead atoms. The molecule has 0 radical (unpaired) electrons. The Labute approximate surface area is 132 Å². The molecule has 1 N–H and O–H groups in total. The maximum Gasteiger partial charge on any atom is 0.531 e. The maximum atomic E-state index is 10.5. The average Bonchev–Trinajstić information content (AvgIpc) is 2.46. The minimum absolute atomic E-state index is 0.514. The zero-order valence-electron chi connectivity index (χ0n) is 14.5. The predicted octanol–water partition coefficient (Wildman–Crippen LogP) is 4.08. The Morgan fingerprint density at radius 1 is 0.714 bits per heavy atom. The molecule has 0 aromatic heterocycles. The van der Waals surface area contributed by atoms with Gasteiger partial charge in [0, 0.05) is 19.8 Å². The molecule has 0 aliphatic rings. The van der Waals surface area contributed by atoms with E-state index in [1.54, 1.807) is 0 Å². The van der Waals surface area contributed by atoms with E-state index in [1.807, 2.05) is 20.8 Å². The van der Waals surface area contributed by atoms with Crippen molar-refractivity contribution < 1.29 is 18.4 Å². The van der Waals surface area contributed by atoms with Crippen LogP contribution in [0.25, 0.3) is 0 Å².